The summed E-state index contributed by atoms with van der Waals surface area (Å²) in [5.74, 6) is 0. The molecule has 9 heteroatoms. The third kappa shape index (κ3) is 2.15. The molecule has 1 aromatic rings. The quantitative estimate of drug-likeness (QED) is 0.413. The van der Waals surface area contributed by atoms with E-state index in [0.717, 1.165) is 4.67 Å². The molecule has 0 aromatic heterocycles. The van der Waals surface area contributed by atoms with Crippen molar-refractivity contribution in [2.24, 2.45) is 0 Å². The summed E-state index contributed by atoms with van der Waals surface area (Å²) in [5.41, 5.74) is -5.49. The summed E-state index contributed by atoms with van der Waals surface area (Å²) < 4.78 is 41.9. The van der Waals surface area contributed by atoms with Crippen LogP contribution in [0.5, 0.6) is 0 Å². The number of hydrogen-bond donors (Lipinski definition) is 0. The predicted molar refractivity (Wildman–Crippen MR) is 79.7 cm³/mol. The molecular formula is C11H13Cl3F3N2P. The van der Waals surface area contributed by atoms with Gasteiger partial charge in [0.1, 0.15) is 0 Å². The summed E-state index contributed by atoms with van der Waals surface area (Å²) in [6.07, 6.45) is -4.52. The van der Waals surface area contributed by atoms with E-state index in [2.05, 4.69) is 0 Å². The van der Waals surface area contributed by atoms with Gasteiger partial charge >= 0.3 is 130 Å². The van der Waals surface area contributed by atoms with Crippen molar-refractivity contribution in [3.63, 3.8) is 0 Å². The molecule has 0 amide bonds. The minimum absolute atomic E-state index is 0.434. The molecule has 0 bridgehead atoms. The molecule has 1 aliphatic heterocycles. The van der Waals surface area contributed by atoms with Crippen LogP contribution >= 0.6 is 39.7 Å². The van der Waals surface area contributed by atoms with Crippen molar-refractivity contribution in [3.05, 3.63) is 30.3 Å². The van der Waals surface area contributed by atoms with E-state index in [1.807, 2.05) is 0 Å². The van der Waals surface area contributed by atoms with Gasteiger partial charge in [0, 0.05) is 0 Å². The van der Waals surface area contributed by atoms with Gasteiger partial charge in [-0.15, -0.1) is 0 Å². The Hall–Kier alpha value is 0.230. The first-order valence-electron chi connectivity index (χ1n) is 5.69. The molecule has 114 valence electrons. The fourth-order valence-electron chi connectivity index (χ4n) is 2.41. The van der Waals surface area contributed by atoms with Crippen LogP contribution in [0.4, 0.5) is 13.2 Å². The molecule has 0 N–H and O–H groups in total. The Morgan fingerprint density at radius 1 is 1.05 bits per heavy atom. The SMILES string of the molecule is CN1C(Cl)C(C(F)(F)F)N(C)P1(Cl)(Cl)c1ccccc1. The summed E-state index contributed by atoms with van der Waals surface area (Å²) >= 11 is 19.2. The van der Waals surface area contributed by atoms with Gasteiger partial charge in [0.25, 0.3) is 0 Å². The Kier molecular flexibility index (Phi) is 4.04. The number of halogens is 6. The minimum atomic E-state index is -4.52. The number of benzene rings is 1. The van der Waals surface area contributed by atoms with E-state index in [-0.39, 0.29) is 0 Å². The Bertz CT molecular complexity index is 511. The van der Waals surface area contributed by atoms with Crippen LogP contribution in [-0.4, -0.2) is 41.2 Å². The summed E-state index contributed by atoms with van der Waals surface area (Å²) in [4.78, 5) is 0. The van der Waals surface area contributed by atoms with Crippen molar-refractivity contribution < 1.29 is 13.2 Å². The molecule has 0 radical (unpaired) electrons. The van der Waals surface area contributed by atoms with Crippen LogP contribution in [0.3, 0.4) is 0 Å². The molecule has 1 fully saturated rings. The molecule has 1 aliphatic rings. The zero-order valence-electron chi connectivity index (χ0n) is 10.7. The molecule has 0 spiro atoms. The molecule has 0 saturated carbocycles. The van der Waals surface area contributed by atoms with E-state index in [9.17, 15) is 13.2 Å². The molecule has 1 saturated heterocycles. The van der Waals surface area contributed by atoms with E-state index >= 15 is 0 Å². The number of likely N-dealkylation sites (N-methyl/N-ethyl adjacent to an activating group) is 2. The van der Waals surface area contributed by atoms with Crippen LogP contribution in [-0.2, 0) is 0 Å². The average Bonchev–Trinajstić information content (AvgIpc) is 2.50. The number of alkyl halides is 4. The second-order valence-corrected chi connectivity index (χ2v) is 12.9. The first kappa shape index (κ1) is 16.6. The van der Waals surface area contributed by atoms with Gasteiger partial charge in [0.15, 0.2) is 0 Å². The van der Waals surface area contributed by atoms with Crippen LogP contribution in [0.1, 0.15) is 0 Å². The Labute approximate surface area is 130 Å². The van der Waals surface area contributed by atoms with Gasteiger partial charge < -0.3 is 0 Å². The van der Waals surface area contributed by atoms with Crippen molar-refractivity contribution in [1.82, 2.24) is 9.34 Å². The van der Waals surface area contributed by atoms with Gasteiger partial charge in [0.05, 0.1) is 0 Å². The second kappa shape index (κ2) is 4.87. The predicted octanol–water partition coefficient (Wildman–Crippen LogP) is 4.38. The van der Waals surface area contributed by atoms with E-state index < -0.39 is 23.3 Å². The normalized spacial score (nSPS) is 32.7. The Morgan fingerprint density at radius 2 is 1.55 bits per heavy atom. The Balaban J connectivity index is 2.62. The molecule has 2 rings (SSSR count). The first-order valence-corrected chi connectivity index (χ1v) is 10.1. The summed E-state index contributed by atoms with van der Waals surface area (Å²) in [6, 6.07) is 6.41. The van der Waals surface area contributed by atoms with E-state index in [1.54, 1.807) is 30.3 Å². The molecule has 20 heavy (non-hydrogen) atoms. The van der Waals surface area contributed by atoms with Gasteiger partial charge in [-0.05, 0) is 0 Å². The zero-order valence-corrected chi connectivity index (χ0v) is 13.8. The van der Waals surface area contributed by atoms with Gasteiger partial charge in [-0.3, -0.25) is 0 Å². The maximum absolute atomic E-state index is 13.2. The van der Waals surface area contributed by atoms with Crippen molar-refractivity contribution in [1.29, 1.82) is 0 Å². The maximum atomic E-state index is 13.2. The molecule has 2 nitrogen and oxygen atoms in total. The summed E-state index contributed by atoms with van der Waals surface area (Å²) in [7, 11) is 2.69. The number of rotatable bonds is 1. The standard InChI is InChI=1S/C11H13Cl3F3N2P/c1-18-9(11(15,16)17)10(12)19(2)20(18,13,14)8-6-4-3-5-7-8/h3-7,9-10H,1-2H3. The van der Waals surface area contributed by atoms with Gasteiger partial charge in [-0.25, -0.2) is 0 Å². The summed E-state index contributed by atoms with van der Waals surface area (Å²) in [6.45, 7) is 0. The van der Waals surface area contributed by atoms with Crippen LogP contribution < -0.4 is 5.30 Å². The van der Waals surface area contributed by atoms with E-state index in [4.69, 9.17) is 34.1 Å². The van der Waals surface area contributed by atoms with Crippen LogP contribution in [0.25, 0.3) is 0 Å². The molecular weight excluding hydrogens is 354 g/mol. The van der Waals surface area contributed by atoms with E-state index in [1.165, 1.54) is 18.8 Å². The Morgan fingerprint density at radius 3 is 1.95 bits per heavy atom. The van der Waals surface area contributed by atoms with Crippen molar-refractivity contribution in [3.8, 4) is 0 Å². The first-order chi connectivity index (χ1) is 9.01. The molecule has 1 heterocycles. The topological polar surface area (TPSA) is 6.48 Å². The average molecular weight is 368 g/mol. The fourth-order valence-corrected chi connectivity index (χ4v) is 8.40. The molecule has 2 unspecified atom stereocenters. The van der Waals surface area contributed by atoms with Crippen LogP contribution in [0.2, 0.25) is 0 Å². The number of hydrogen-bond acceptors (Lipinski definition) is 2. The van der Waals surface area contributed by atoms with E-state index in [0.29, 0.717) is 5.30 Å². The van der Waals surface area contributed by atoms with Crippen molar-refractivity contribution in [2.45, 2.75) is 17.7 Å². The molecule has 2 atom stereocenters. The molecule has 0 aliphatic carbocycles. The zero-order chi connectivity index (χ0) is 15.4. The van der Waals surface area contributed by atoms with Crippen molar-refractivity contribution >= 4 is 45.0 Å². The monoisotopic (exact) mass is 366 g/mol. The number of nitrogens with zero attached hydrogens (tertiary/aromatic N) is 2. The molecule has 1 aromatic carbocycles. The van der Waals surface area contributed by atoms with Gasteiger partial charge in [-0.2, -0.15) is 0 Å². The van der Waals surface area contributed by atoms with Crippen LogP contribution in [0.15, 0.2) is 30.3 Å². The van der Waals surface area contributed by atoms with Gasteiger partial charge in [0.2, 0.25) is 0 Å². The van der Waals surface area contributed by atoms with Gasteiger partial charge in [-0.1, -0.05) is 0 Å². The van der Waals surface area contributed by atoms with Crippen LogP contribution in [0, 0.1) is 0 Å². The third-order valence-corrected chi connectivity index (χ3v) is 12.1. The third-order valence-electron chi connectivity index (χ3n) is 3.61. The summed E-state index contributed by atoms with van der Waals surface area (Å²) in [5, 5.41) is 0.434. The fraction of sp³-hybridized carbons (Fsp3) is 0.455. The second-order valence-electron chi connectivity index (χ2n) is 4.67. The van der Waals surface area contributed by atoms with Crippen molar-refractivity contribution in [2.75, 3.05) is 14.1 Å².